The van der Waals surface area contributed by atoms with Gasteiger partial charge in [-0.2, -0.15) is 5.10 Å². The Morgan fingerprint density at radius 3 is 2.45 bits per heavy atom. The van der Waals surface area contributed by atoms with Crippen molar-refractivity contribution in [2.45, 2.75) is 43.2 Å². The lowest BCUT2D eigenvalue weighted by molar-refractivity contribution is -0.245. The molecule has 3 aromatic carbocycles. The first-order valence-corrected chi connectivity index (χ1v) is 13.3. The molecule has 1 aliphatic heterocycles. The van der Waals surface area contributed by atoms with Gasteiger partial charge in [-0.15, -0.1) is 0 Å². The van der Waals surface area contributed by atoms with Crippen LogP contribution in [0.25, 0.3) is 0 Å². The smallest absolute Gasteiger partial charge is 0.319 e. The van der Waals surface area contributed by atoms with Gasteiger partial charge in [0.05, 0.1) is 18.8 Å². The lowest BCUT2D eigenvalue weighted by Crippen LogP contribution is -2.31. The van der Waals surface area contributed by atoms with Crippen LogP contribution < -0.4 is 10.6 Å². The lowest BCUT2D eigenvalue weighted by Gasteiger charge is -2.36. The summed E-state index contributed by atoms with van der Waals surface area (Å²) in [5.41, 5.74) is 4.43. The molecule has 9 nitrogen and oxygen atoms in total. The number of urea groups is 1. The maximum Gasteiger partial charge on any atom is 0.319 e. The number of benzene rings is 3. The molecular formula is C28H29N5O4S. The van der Waals surface area contributed by atoms with Crippen LogP contribution in [0, 0.1) is 0 Å². The molecule has 1 aliphatic rings. The molecule has 5 rings (SSSR count). The number of aromatic amines is 1. The quantitative estimate of drug-likeness (QED) is 0.225. The van der Waals surface area contributed by atoms with Crippen molar-refractivity contribution in [1.29, 1.82) is 0 Å². The van der Waals surface area contributed by atoms with E-state index in [1.807, 2.05) is 78.9 Å². The molecule has 4 N–H and O–H groups in total. The standard InChI is InChI=1S/C28H29N5O4S/c34-16-20-6-8-21(9-7-20)25-14-24(17-38-28-30-18-31-33-28)36-26(37-25)22-10-12-23(13-11-22)32-27(35)29-15-19-4-2-1-3-5-19/h1-13,18,24-26,34H,14-17H2,(H2,29,32,35)(H,30,31,33)/t24-,25+,26+/m1/s1. The average molecular weight is 532 g/mol. The van der Waals surface area contributed by atoms with E-state index in [0.717, 1.165) is 27.4 Å². The zero-order valence-electron chi connectivity index (χ0n) is 20.6. The Balaban J connectivity index is 1.24. The number of hydrogen-bond donors (Lipinski definition) is 4. The van der Waals surface area contributed by atoms with Crippen LogP contribution in [-0.4, -0.2) is 38.2 Å². The van der Waals surface area contributed by atoms with Crippen molar-refractivity contribution in [1.82, 2.24) is 20.5 Å². The van der Waals surface area contributed by atoms with Crippen molar-refractivity contribution in [3.05, 3.63) is 107 Å². The van der Waals surface area contributed by atoms with Gasteiger partial charge in [-0.3, -0.25) is 5.10 Å². The zero-order valence-corrected chi connectivity index (χ0v) is 21.4. The maximum absolute atomic E-state index is 12.3. The minimum Gasteiger partial charge on any atom is -0.392 e. The summed E-state index contributed by atoms with van der Waals surface area (Å²) in [6.07, 6.45) is 1.32. The third-order valence-corrected chi connectivity index (χ3v) is 7.16. The van der Waals surface area contributed by atoms with E-state index in [1.54, 1.807) is 11.8 Å². The monoisotopic (exact) mass is 531 g/mol. The Bertz CT molecular complexity index is 1290. The fourth-order valence-electron chi connectivity index (χ4n) is 4.14. The summed E-state index contributed by atoms with van der Waals surface area (Å²) in [6, 6.07) is 24.7. The highest BCUT2D eigenvalue weighted by molar-refractivity contribution is 7.99. The average Bonchev–Trinajstić information content (AvgIpc) is 3.50. The molecule has 2 amide bonds. The SMILES string of the molecule is O=C(NCc1ccccc1)Nc1ccc([C@H]2O[C@@H](CSc3ncn[nH]3)C[C@@H](c3ccc(CO)cc3)O2)cc1. The number of H-pyrrole nitrogens is 1. The van der Waals surface area contributed by atoms with Gasteiger partial charge in [0.2, 0.25) is 0 Å². The largest absolute Gasteiger partial charge is 0.392 e. The van der Waals surface area contributed by atoms with E-state index in [-0.39, 0.29) is 24.8 Å². The summed E-state index contributed by atoms with van der Waals surface area (Å²) in [5.74, 6) is 0.682. The highest BCUT2D eigenvalue weighted by atomic mass is 32.2. The van der Waals surface area contributed by atoms with Gasteiger partial charge in [0.15, 0.2) is 11.4 Å². The molecule has 1 fully saturated rings. The highest BCUT2D eigenvalue weighted by Crippen LogP contribution is 2.39. The van der Waals surface area contributed by atoms with Crippen LogP contribution in [0.5, 0.6) is 0 Å². The number of rotatable bonds is 9. The molecule has 3 atom stereocenters. The van der Waals surface area contributed by atoms with Crippen molar-refractivity contribution in [2.75, 3.05) is 11.1 Å². The molecule has 0 aliphatic carbocycles. The van der Waals surface area contributed by atoms with Gasteiger partial charge in [0.25, 0.3) is 0 Å². The van der Waals surface area contributed by atoms with Crippen LogP contribution >= 0.6 is 11.8 Å². The van der Waals surface area contributed by atoms with E-state index in [2.05, 4.69) is 25.8 Å². The van der Waals surface area contributed by atoms with Gasteiger partial charge in [0, 0.05) is 30.0 Å². The third-order valence-electron chi connectivity index (χ3n) is 6.15. The Labute approximate surface area is 225 Å². The minimum absolute atomic E-state index is 0.00134. The first-order valence-electron chi connectivity index (χ1n) is 12.3. The van der Waals surface area contributed by atoms with E-state index in [0.29, 0.717) is 24.4 Å². The molecule has 4 aromatic rings. The predicted molar refractivity (Wildman–Crippen MR) is 144 cm³/mol. The number of aliphatic hydroxyl groups excluding tert-OH is 1. The van der Waals surface area contributed by atoms with Gasteiger partial charge in [-0.25, -0.2) is 9.78 Å². The maximum atomic E-state index is 12.3. The summed E-state index contributed by atoms with van der Waals surface area (Å²) in [6.45, 7) is 0.446. The first-order chi connectivity index (χ1) is 18.7. The fraction of sp³-hybridized carbons (Fsp3) is 0.250. The topological polar surface area (TPSA) is 121 Å². The molecule has 0 spiro atoms. The molecule has 0 saturated carbocycles. The molecule has 10 heteroatoms. The van der Waals surface area contributed by atoms with E-state index in [1.165, 1.54) is 6.33 Å². The summed E-state index contributed by atoms with van der Waals surface area (Å²) < 4.78 is 12.7. The van der Waals surface area contributed by atoms with Gasteiger partial charge in [-0.05, 0) is 28.8 Å². The van der Waals surface area contributed by atoms with E-state index in [9.17, 15) is 9.90 Å². The number of ether oxygens (including phenoxy) is 2. The molecule has 0 bridgehead atoms. The third kappa shape index (κ3) is 6.99. The molecule has 38 heavy (non-hydrogen) atoms. The van der Waals surface area contributed by atoms with E-state index >= 15 is 0 Å². The minimum atomic E-state index is -0.576. The van der Waals surface area contributed by atoms with Crippen molar-refractivity contribution >= 4 is 23.5 Å². The first kappa shape index (κ1) is 25.9. The molecular weight excluding hydrogens is 502 g/mol. The number of thioether (sulfide) groups is 1. The highest BCUT2D eigenvalue weighted by Gasteiger charge is 2.32. The van der Waals surface area contributed by atoms with E-state index < -0.39 is 6.29 Å². The molecule has 1 aromatic heterocycles. The van der Waals surface area contributed by atoms with Crippen LogP contribution in [0.3, 0.4) is 0 Å². The number of anilines is 1. The second-order valence-electron chi connectivity index (χ2n) is 8.87. The molecule has 2 heterocycles. The molecule has 196 valence electrons. The summed E-state index contributed by atoms with van der Waals surface area (Å²) in [4.78, 5) is 16.5. The number of aliphatic hydroxyl groups is 1. The fourth-order valence-corrected chi connectivity index (χ4v) is 4.93. The zero-order chi connectivity index (χ0) is 26.2. The lowest BCUT2D eigenvalue weighted by atomic mass is 10.0. The summed E-state index contributed by atoms with van der Waals surface area (Å²) >= 11 is 1.55. The van der Waals surface area contributed by atoms with Crippen LogP contribution in [0.15, 0.2) is 90.3 Å². The van der Waals surface area contributed by atoms with Crippen LogP contribution in [0.1, 0.15) is 41.1 Å². The van der Waals surface area contributed by atoms with E-state index in [4.69, 9.17) is 9.47 Å². The van der Waals surface area contributed by atoms with Crippen molar-refractivity contribution < 1.29 is 19.4 Å². The van der Waals surface area contributed by atoms with Crippen LogP contribution in [-0.2, 0) is 22.6 Å². The van der Waals surface area contributed by atoms with Crippen molar-refractivity contribution in [3.8, 4) is 0 Å². The number of carbonyl (C=O) groups excluding carboxylic acids is 1. The number of aromatic nitrogens is 3. The van der Waals surface area contributed by atoms with Crippen LogP contribution in [0.2, 0.25) is 0 Å². The second kappa shape index (κ2) is 12.7. The van der Waals surface area contributed by atoms with Crippen LogP contribution in [0.4, 0.5) is 10.5 Å². The Kier molecular flexibility index (Phi) is 8.67. The molecule has 1 saturated heterocycles. The second-order valence-corrected chi connectivity index (χ2v) is 9.88. The Hall–Kier alpha value is -3.70. The van der Waals surface area contributed by atoms with Gasteiger partial charge >= 0.3 is 6.03 Å². The van der Waals surface area contributed by atoms with Gasteiger partial charge in [-0.1, -0.05) is 78.5 Å². The molecule has 0 unspecified atom stereocenters. The normalized spacial score (nSPS) is 19.1. The number of amides is 2. The summed E-state index contributed by atoms with van der Waals surface area (Å²) in [5, 5.41) is 22.6. The number of nitrogens with one attached hydrogen (secondary N) is 3. The summed E-state index contributed by atoms with van der Waals surface area (Å²) in [7, 11) is 0. The number of nitrogens with zero attached hydrogens (tertiary/aromatic N) is 2. The number of hydrogen-bond acceptors (Lipinski definition) is 7. The van der Waals surface area contributed by atoms with Gasteiger partial charge in [0.1, 0.15) is 6.33 Å². The van der Waals surface area contributed by atoms with Crippen molar-refractivity contribution in [3.63, 3.8) is 0 Å². The van der Waals surface area contributed by atoms with Crippen molar-refractivity contribution in [2.24, 2.45) is 0 Å². The molecule has 0 radical (unpaired) electrons. The predicted octanol–water partition coefficient (Wildman–Crippen LogP) is 4.96. The Morgan fingerprint density at radius 1 is 0.974 bits per heavy atom. The number of carbonyl (C=O) groups is 1. The Morgan fingerprint density at radius 2 is 1.74 bits per heavy atom. The van der Waals surface area contributed by atoms with Gasteiger partial charge < -0.3 is 25.2 Å².